The molecule has 138 valence electrons. The van der Waals surface area contributed by atoms with Crippen LogP contribution in [0.4, 0.5) is 0 Å². The average Bonchev–Trinajstić information content (AvgIpc) is 3.15. The highest BCUT2D eigenvalue weighted by atomic mass is 16.5. The van der Waals surface area contributed by atoms with Gasteiger partial charge in [-0.1, -0.05) is 5.16 Å². The van der Waals surface area contributed by atoms with Gasteiger partial charge in [0.15, 0.2) is 5.76 Å². The number of carbonyl (C=O) groups excluding carboxylic acids is 1. The van der Waals surface area contributed by atoms with Gasteiger partial charge < -0.3 is 9.42 Å². The molecule has 0 N–H and O–H groups in total. The molecule has 0 spiro atoms. The van der Waals surface area contributed by atoms with Crippen molar-refractivity contribution in [2.24, 2.45) is 0 Å². The lowest BCUT2D eigenvalue weighted by Crippen LogP contribution is -2.36. The monoisotopic (exact) mass is 356 g/mol. The Morgan fingerprint density at radius 3 is 2.92 bits per heavy atom. The van der Waals surface area contributed by atoms with Crippen molar-refractivity contribution in [2.45, 2.75) is 39.8 Å². The van der Waals surface area contributed by atoms with Gasteiger partial charge in [0, 0.05) is 51.0 Å². The van der Waals surface area contributed by atoms with Gasteiger partial charge in [-0.2, -0.15) is 10.4 Å². The van der Waals surface area contributed by atoms with Gasteiger partial charge >= 0.3 is 0 Å². The molecule has 0 unspecified atom stereocenters. The molecule has 26 heavy (non-hydrogen) atoms. The molecule has 1 fully saturated rings. The topological polar surface area (TPSA) is 91.2 Å². The fourth-order valence-corrected chi connectivity index (χ4v) is 3.23. The van der Waals surface area contributed by atoms with E-state index in [0.717, 1.165) is 39.1 Å². The van der Waals surface area contributed by atoms with E-state index in [2.05, 4.69) is 34.3 Å². The standard InChI is InChI=1S/C18H24N6O2/c1-3-24-13-15(11-20-24)12-22-5-4-6-23(8-7-22)18(25)9-17-16(10-19)14(2)26-21-17/h11,13H,3-9,12H2,1-2H3. The van der Waals surface area contributed by atoms with E-state index < -0.39 is 0 Å². The van der Waals surface area contributed by atoms with Gasteiger partial charge in [0.2, 0.25) is 5.91 Å². The molecule has 1 saturated heterocycles. The lowest BCUT2D eigenvalue weighted by Gasteiger charge is -2.21. The molecule has 2 aromatic rings. The normalized spacial score (nSPS) is 15.7. The van der Waals surface area contributed by atoms with Crippen molar-refractivity contribution in [2.75, 3.05) is 26.2 Å². The van der Waals surface area contributed by atoms with Gasteiger partial charge in [0.1, 0.15) is 17.3 Å². The summed E-state index contributed by atoms with van der Waals surface area (Å²) < 4.78 is 6.96. The number of amides is 1. The highest BCUT2D eigenvalue weighted by Gasteiger charge is 2.22. The van der Waals surface area contributed by atoms with Gasteiger partial charge in [-0.05, 0) is 20.3 Å². The van der Waals surface area contributed by atoms with Gasteiger partial charge in [-0.3, -0.25) is 14.4 Å². The van der Waals surface area contributed by atoms with Crippen LogP contribution in [-0.4, -0.2) is 56.8 Å². The van der Waals surface area contributed by atoms with Crippen molar-refractivity contribution in [1.82, 2.24) is 24.7 Å². The number of hydrogen-bond donors (Lipinski definition) is 0. The van der Waals surface area contributed by atoms with Crippen molar-refractivity contribution >= 4 is 5.91 Å². The predicted molar refractivity (Wildman–Crippen MR) is 94.0 cm³/mol. The maximum atomic E-state index is 12.6. The Bertz CT molecular complexity index is 803. The van der Waals surface area contributed by atoms with Crippen LogP contribution in [0.1, 0.15) is 35.9 Å². The summed E-state index contributed by atoms with van der Waals surface area (Å²) in [5.41, 5.74) is 2.01. The minimum atomic E-state index is -0.00421. The molecule has 0 atom stereocenters. The highest BCUT2D eigenvalue weighted by molar-refractivity contribution is 5.79. The maximum absolute atomic E-state index is 12.6. The average molecular weight is 356 g/mol. The zero-order chi connectivity index (χ0) is 18.5. The summed E-state index contributed by atoms with van der Waals surface area (Å²) in [6.07, 6.45) is 5.03. The molecule has 0 aliphatic carbocycles. The van der Waals surface area contributed by atoms with Crippen LogP contribution in [0.5, 0.6) is 0 Å². The summed E-state index contributed by atoms with van der Waals surface area (Å²) >= 11 is 0. The highest BCUT2D eigenvalue weighted by Crippen LogP contribution is 2.15. The predicted octanol–water partition coefficient (Wildman–Crippen LogP) is 1.35. The van der Waals surface area contributed by atoms with E-state index in [0.29, 0.717) is 23.6 Å². The molecule has 8 heteroatoms. The fourth-order valence-electron chi connectivity index (χ4n) is 3.23. The lowest BCUT2D eigenvalue weighted by atomic mass is 10.1. The Morgan fingerprint density at radius 1 is 1.35 bits per heavy atom. The van der Waals surface area contributed by atoms with Crippen LogP contribution >= 0.6 is 0 Å². The van der Waals surface area contributed by atoms with Crippen molar-refractivity contribution in [1.29, 1.82) is 5.26 Å². The maximum Gasteiger partial charge on any atom is 0.228 e. The van der Waals surface area contributed by atoms with Crippen LogP contribution in [0.2, 0.25) is 0 Å². The smallest absolute Gasteiger partial charge is 0.228 e. The molecular formula is C18H24N6O2. The van der Waals surface area contributed by atoms with Gasteiger partial charge in [-0.15, -0.1) is 0 Å². The van der Waals surface area contributed by atoms with Gasteiger partial charge in [-0.25, -0.2) is 0 Å². The molecule has 3 heterocycles. The Balaban J connectivity index is 1.56. The quantitative estimate of drug-likeness (QED) is 0.803. The van der Waals surface area contributed by atoms with Crippen molar-refractivity contribution in [3.8, 4) is 6.07 Å². The summed E-state index contributed by atoms with van der Waals surface area (Å²) in [6, 6.07) is 2.06. The van der Waals surface area contributed by atoms with Crippen molar-refractivity contribution in [3.05, 3.63) is 35.0 Å². The van der Waals surface area contributed by atoms with Gasteiger partial charge in [0.25, 0.3) is 0 Å². The number of hydrogen-bond acceptors (Lipinski definition) is 6. The Morgan fingerprint density at radius 2 is 2.19 bits per heavy atom. The van der Waals surface area contributed by atoms with Crippen LogP contribution in [-0.2, 0) is 24.3 Å². The Labute approximate surface area is 153 Å². The van der Waals surface area contributed by atoms with E-state index in [-0.39, 0.29) is 12.3 Å². The number of aromatic nitrogens is 3. The molecular weight excluding hydrogens is 332 g/mol. The zero-order valence-electron chi connectivity index (χ0n) is 15.3. The zero-order valence-corrected chi connectivity index (χ0v) is 15.3. The molecule has 0 saturated carbocycles. The third-order valence-corrected chi connectivity index (χ3v) is 4.72. The number of carbonyl (C=O) groups is 1. The van der Waals surface area contributed by atoms with E-state index in [9.17, 15) is 4.79 Å². The number of nitriles is 1. The molecule has 0 radical (unpaired) electrons. The van der Waals surface area contributed by atoms with Crippen molar-refractivity contribution < 1.29 is 9.32 Å². The molecule has 0 bridgehead atoms. The fraction of sp³-hybridized carbons (Fsp3) is 0.556. The molecule has 2 aromatic heterocycles. The number of nitrogens with zero attached hydrogens (tertiary/aromatic N) is 6. The Hall–Kier alpha value is -2.66. The first-order valence-electron chi connectivity index (χ1n) is 8.97. The van der Waals surface area contributed by atoms with E-state index in [1.54, 1.807) is 6.92 Å². The van der Waals surface area contributed by atoms with Crippen LogP contribution in [0.15, 0.2) is 16.9 Å². The third-order valence-electron chi connectivity index (χ3n) is 4.72. The third kappa shape index (κ3) is 4.11. The Kier molecular flexibility index (Phi) is 5.68. The van der Waals surface area contributed by atoms with E-state index in [4.69, 9.17) is 9.78 Å². The lowest BCUT2D eigenvalue weighted by molar-refractivity contribution is -0.130. The number of rotatable bonds is 5. The largest absolute Gasteiger partial charge is 0.360 e. The second kappa shape index (κ2) is 8.15. The first-order valence-corrected chi connectivity index (χ1v) is 8.97. The number of aryl methyl sites for hydroxylation is 2. The summed E-state index contributed by atoms with van der Waals surface area (Å²) in [4.78, 5) is 16.8. The molecule has 1 aliphatic rings. The van der Waals surface area contributed by atoms with Crippen LogP contribution < -0.4 is 0 Å². The van der Waals surface area contributed by atoms with E-state index in [1.807, 2.05) is 15.8 Å². The second-order valence-electron chi connectivity index (χ2n) is 6.56. The molecule has 8 nitrogen and oxygen atoms in total. The molecule has 0 aromatic carbocycles. The first-order chi connectivity index (χ1) is 12.6. The first kappa shape index (κ1) is 18.1. The summed E-state index contributed by atoms with van der Waals surface area (Å²) in [6.45, 7) is 8.66. The second-order valence-corrected chi connectivity index (χ2v) is 6.56. The molecule has 1 amide bonds. The van der Waals surface area contributed by atoms with Crippen molar-refractivity contribution in [3.63, 3.8) is 0 Å². The van der Waals surface area contributed by atoms with Crippen LogP contribution in [0, 0.1) is 18.3 Å². The van der Waals surface area contributed by atoms with E-state index in [1.165, 1.54) is 5.56 Å². The van der Waals surface area contributed by atoms with Crippen LogP contribution in [0.25, 0.3) is 0 Å². The minimum Gasteiger partial charge on any atom is -0.360 e. The van der Waals surface area contributed by atoms with E-state index >= 15 is 0 Å². The molecule has 1 aliphatic heterocycles. The summed E-state index contributed by atoms with van der Waals surface area (Å²) in [7, 11) is 0. The summed E-state index contributed by atoms with van der Waals surface area (Å²) in [5, 5.41) is 17.3. The van der Waals surface area contributed by atoms with Crippen LogP contribution in [0.3, 0.4) is 0 Å². The van der Waals surface area contributed by atoms with Gasteiger partial charge in [0.05, 0.1) is 12.6 Å². The molecule has 3 rings (SSSR count). The minimum absolute atomic E-state index is 0.00421. The summed E-state index contributed by atoms with van der Waals surface area (Å²) in [5.74, 6) is 0.459. The SMILES string of the molecule is CCn1cc(CN2CCCN(C(=O)Cc3noc(C)c3C#N)CC2)cn1.